The van der Waals surface area contributed by atoms with Crippen LogP contribution in [0.2, 0.25) is 0 Å². The van der Waals surface area contributed by atoms with E-state index in [4.69, 9.17) is 10.8 Å². The van der Waals surface area contributed by atoms with E-state index < -0.39 is 17.3 Å². The van der Waals surface area contributed by atoms with Crippen molar-refractivity contribution < 1.29 is 14.7 Å². The second-order valence-electron chi connectivity index (χ2n) is 4.43. The number of primary amides is 1. The van der Waals surface area contributed by atoms with E-state index >= 15 is 0 Å². The first-order valence-corrected chi connectivity index (χ1v) is 5.30. The molecule has 5 nitrogen and oxygen atoms in total. The Morgan fingerprint density at radius 2 is 2.06 bits per heavy atom. The van der Waals surface area contributed by atoms with Crippen LogP contribution in [0, 0.1) is 5.92 Å². The van der Waals surface area contributed by atoms with E-state index in [9.17, 15) is 9.59 Å². The van der Waals surface area contributed by atoms with Crippen molar-refractivity contribution >= 4 is 11.9 Å². The van der Waals surface area contributed by atoms with E-state index in [1.165, 1.54) is 6.20 Å². The zero-order valence-corrected chi connectivity index (χ0v) is 10.1. The number of hydrogen-bond acceptors (Lipinski definition) is 3. The molecule has 5 heteroatoms. The Morgan fingerprint density at radius 3 is 2.47 bits per heavy atom. The van der Waals surface area contributed by atoms with Crippen molar-refractivity contribution in [1.82, 2.24) is 4.98 Å². The molecule has 1 rings (SSSR count). The number of carboxylic acids is 1. The first kappa shape index (κ1) is 13.2. The normalized spacial score (nSPS) is 14.4. The lowest BCUT2D eigenvalue weighted by atomic mass is 9.72. The Morgan fingerprint density at radius 1 is 1.47 bits per heavy atom. The van der Waals surface area contributed by atoms with Gasteiger partial charge in [0.2, 0.25) is 5.91 Å². The number of amides is 1. The van der Waals surface area contributed by atoms with Crippen molar-refractivity contribution in [3.63, 3.8) is 0 Å². The average Bonchev–Trinajstić information content (AvgIpc) is 2.27. The van der Waals surface area contributed by atoms with E-state index in [0.717, 1.165) is 0 Å². The van der Waals surface area contributed by atoms with Crippen LogP contribution in [0.15, 0.2) is 18.3 Å². The minimum atomic E-state index is -1.16. The molecule has 17 heavy (non-hydrogen) atoms. The Balaban J connectivity index is 3.49. The summed E-state index contributed by atoms with van der Waals surface area (Å²) in [6.45, 7) is 5.29. The van der Waals surface area contributed by atoms with Crippen LogP contribution < -0.4 is 5.73 Å². The molecule has 0 aliphatic rings. The smallest absolute Gasteiger partial charge is 0.354 e. The van der Waals surface area contributed by atoms with Crippen molar-refractivity contribution in [3.05, 3.63) is 29.6 Å². The molecule has 1 unspecified atom stereocenters. The summed E-state index contributed by atoms with van der Waals surface area (Å²) in [6.07, 6.45) is 1.38. The van der Waals surface area contributed by atoms with Gasteiger partial charge in [-0.15, -0.1) is 0 Å². The molecular formula is C12H16N2O3. The molecule has 92 valence electrons. The number of carboxylic acid groups (broad SMARTS) is 1. The number of hydrogen-bond donors (Lipinski definition) is 2. The Bertz CT molecular complexity index is 457. The van der Waals surface area contributed by atoms with Crippen molar-refractivity contribution in [2.24, 2.45) is 11.7 Å². The van der Waals surface area contributed by atoms with Gasteiger partial charge >= 0.3 is 5.97 Å². The molecule has 1 aromatic heterocycles. The molecule has 0 aromatic carbocycles. The minimum absolute atomic E-state index is 0.123. The van der Waals surface area contributed by atoms with E-state index in [-0.39, 0.29) is 11.6 Å². The van der Waals surface area contributed by atoms with Crippen molar-refractivity contribution in [2.75, 3.05) is 0 Å². The van der Waals surface area contributed by atoms with Crippen LogP contribution in [0.5, 0.6) is 0 Å². The van der Waals surface area contributed by atoms with Gasteiger partial charge in [0.1, 0.15) is 0 Å². The second-order valence-corrected chi connectivity index (χ2v) is 4.43. The molecule has 0 saturated carbocycles. The molecule has 1 heterocycles. The number of rotatable bonds is 4. The van der Waals surface area contributed by atoms with Gasteiger partial charge in [-0.2, -0.15) is 0 Å². The quantitative estimate of drug-likeness (QED) is 0.820. The zero-order valence-electron chi connectivity index (χ0n) is 10.1. The summed E-state index contributed by atoms with van der Waals surface area (Å²) < 4.78 is 0. The fourth-order valence-electron chi connectivity index (χ4n) is 1.72. The van der Waals surface area contributed by atoms with Gasteiger partial charge in [-0.25, -0.2) is 9.78 Å². The maximum Gasteiger partial charge on any atom is 0.354 e. The molecular weight excluding hydrogens is 220 g/mol. The van der Waals surface area contributed by atoms with Gasteiger partial charge in [-0.05, 0) is 18.9 Å². The molecule has 1 aromatic rings. The number of pyridine rings is 1. The van der Waals surface area contributed by atoms with Crippen LogP contribution in [-0.2, 0) is 10.2 Å². The number of carbonyl (C=O) groups is 2. The largest absolute Gasteiger partial charge is 0.477 e. The van der Waals surface area contributed by atoms with Gasteiger partial charge in [0.05, 0.1) is 5.41 Å². The number of carbonyl (C=O) groups excluding carboxylic acids is 1. The number of nitrogens with zero attached hydrogens (tertiary/aromatic N) is 1. The fraction of sp³-hybridized carbons (Fsp3) is 0.417. The first-order chi connectivity index (χ1) is 7.81. The standard InChI is InChI=1S/C12H16N2O3/c1-7(2)12(3,11(13)17)8-5-4-6-14-9(8)10(15)16/h4-7H,1-3H3,(H2,13,17)(H,15,16). The van der Waals surface area contributed by atoms with E-state index in [0.29, 0.717) is 5.56 Å². The molecule has 0 aliphatic heterocycles. The van der Waals surface area contributed by atoms with Crippen LogP contribution in [0.25, 0.3) is 0 Å². The highest BCUT2D eigenvalue weighted by Gasteiger charge is 2.39. The maximum atomic E-state index is 11.6. The third-order valence-corrected chi connectivity index (χ3v) is 3.24. The van der Waals surface area contributed by atoms with Crippen LogP contribution in [0.1, 0.15) is 36.8 Å². The lowest BCUT2D eigenvalue weighted by Gasteiger charge is -2.31. The average molecular weight is 236 g/mol. The summed E-state index contributed by atoms with van der Waals surface area (Å²) in [5.74, 6) is -1.83. The Hall–Kier alpha value is -1.91. The van der Waals surface area contributed by atoms with Crippen molar-refractivity contribution in [3.8, 4) is 0 Å². The summed E-state index contributed by atoms with van der Waals surface area (Å²) in [4.78, 5) is 26.5. The predicted octanol–water partition coefficient (Wildman–Crippen LogP) is 1.18. The Labute approximate surface area is 99.7 Å². The minimum Gasteiger partial charge on any atom is -0.477 e. The number of nitrogens with two attached hydrogens (primary N) is 1. The summed E-state index contributed by atoms with van der Waals surface area (Å²) in [7, 11) is 0. The Kier molecular flexibility index (Phi) is 3.50. The van der Waals surface area contributed by atoms with Crippen molar-refractivity contribution in [2.45, 2.75) is 26.2 Å². The summed E-state index contributed by atoms with van der Waals surface area (Å²) in [5.41, 5.74) is 4.61. The third-order valence-electron chi connectivity index (χ3n) is 3.24. The van der Waals surface area contributed by atoms with Gasteiger partial charge < -0.3 is 10.8 Å². The maximum absolute atomic E-state index is 11.6. The van der Waals surface area contributed by atoms with Crippen LogP contribution in [0.3, 0.4) is 0 Å². The van der Waals surface area contributed by atoms with Crippen LogP contribution in [0.4, 0.5) is 0 Å². The SMILES string of the molecule is CC(C)C(C)(C(N)=O)c1cccnc1C(=O)O. The van der Waals surface area contributed by atoms with Gasteiger partial charge in [-0.3, -0.25) is 4.79 Å². The summed E-state index contributed by atoms with van der Waals surface area (Å²) in [5, 5.41) is 9.08. The number of aromatic carboxylic acids is 1. The molecule has 0 aliphatic carbocycles. The highest BCUT2D eigenvalue weighted by molar-refractivity contribution is 5.93. The third kappa shape index (κ3) is 2.13. The highest BCUT2D eigenvalue weighted by atomic mass is 16.4. The van der Waals surface area contributed by atoms with Gasteiger partial charge in [0, 0.05) is 11.8 Å². The molecule has 0 spiro atoms. The molecule has 0 fully saturated rings. The molecule has 0 radical (unpaired) electrons. The first-order valence-electron chi connectivity index (χ1n) is 5.30. The summed E-state index contributed by atoms with van der Waals surface area (Å²) in [6, 6.07) is 3.19. The monoisotopic (exact) mass is 236 g/mol. The van der Waals surface area contributed by atoms with Crippen molar-refractivity contribution in [1.29, 1.82) is 0 Å². The molecule has 3 N–H and O–H groups in total. The van der Waals surface area contributed by atoms with Gasteiger partial charge in [-0.1, -0.05) is 19.9 Å². The second kappa shape index (κ2) is 4.53. The highest BCUT2D eigenvalue weighted by Crippen LogP contribution is 2.33. The van der Waals surface area contributed by atoms with E-state index in [2.05, 4.69) is 4.98 Å². The predicted molar refractivity (Wildman–Crippen MR) is 62.6 cm³/mol. The van der Waals surface area contributed by atoms with Crippen LogP contribution >= 0.6 is 0 Å². The lowest BCUT2D eigenvalue weighted by molar-refractivity contribution is -0.124. The number of aromatic nitrogens is 1. The van der Waals surface area contributed by atoms with Gasteiger partial charge in [0.25, 0.3) is 0 Å². The van der Waals surface area contributed by atoms with E-state index in [1.54, 1.807) is 19.1 Å². The fourth-order valence-corrected chi connectivity index (χ4v) is 1.72. The molecule has 1 atom stereocenters. The zero-order chi connectivity index (χ0) is 13.2. The van der Waals surface area contributed by atoms with Gasteiger partial charge in [0.15, 0.2) is 5.69 Å². The lowest BCUT2D eigenvalue weighted by Crippen LogP contribution is -2.44. The topological polar surface area (TPSA) is 93.3 Å². The van der Waals surface area contributed by atoms with Crippen LogP contribution in [-0.4, -0.2) is 22.0 Å². The van der Waals surface area contributed by atoms with E-state index in [1.807, 2.05) is 13.8 Å². The molecule has 0 saturated heterocycles. The molecule has 1 amide bonds. The molecule has 0 bridgehead atoms. The summed E-state index contributed by atoms with van der Waals surface area (Å²) >= 11 is 0.